The Bertz CT molecular complexity index is 833. The van der Waals surface area contributed by atoms with Gasteiger partial charge in [0, 0.05) is 18.6 Å². The van der Waals surface area contributed by atoms with E-state index in [4.69, 9.17) is 9.47 Å². The van der Waals surface area contributed by atoms with E-state index in [1.165, 1.54) is 11.8 Å². The highest BCUT2D eigenvalue weighted by Crippen LogP contribution is 2.40. The summed E-state index contributed by atoms with van der Waals surface area (Å²) in [5, 5.41) is 0. The average Bonchev–Trinajstić information content (AvgIpc) is 2.67. The monoisotopic (exact) mass is 436 g/mol. The molecule has 1 saturated heterocycles. The Morgan fingerprint density at radius 3 is 2.57 bits per heavy atom. The second-order valence-corrected chi connectivity index (χ2v) is 11.7. The Morgan fingerprint density at radius 2 is 1.83 bits per heavy atom. The number of hydrogen-bond donors (Lipinski definition) is 1. The van der Waals surface area contributed by atoms with Crippen molar-refractivity contribution in [2.45, 2.75) is 82.1 Å². The molecular formula is C23H36N2O4S. The van der Waals surface area contributed by atoms with E-state index in [0.29, 0.717) is 12.5 Å². The van der Waals surface area contributed by atoms with Crippen molar-refractivity contribution in [2.24, 2.45) is 0 Å². The highest BCUT2D eigenvalue weighted by molar-refractivity contribution is 7.88. The summed E-state index contributed by atoms with van der Waals surface area (Å²) in [6.07, 6.45) is 7.59. The lowest BCUT2D eigenvalue weighted by atomic mass is 9.82. The molecule has 1 saturated carbocycles. The highest BCUT2D eigenvalue weighted by atomic mass is 32.2. The largest absolute Gasteiger partial charge is 0.486 e. The van der Waals surface area contributed by atoms with E-state index in [0.717, 1.165) is 57.4 Å². The van der Waals surface area contributed by atoms with Crippen LogP contribution >= 0.6 is 0 Å². The fraction of sp³-hybridized carbons (Fsp3) is 0.739. The Balaban J connectivity index is 1.64. The third-order valence-corrected chi connectivity index (χ3v) is 7.50. The smallest absolute Gasteiger partial charge is 0.209 e. The zero-order valence-corrected chi connectivity index (χ0v) is 19.3. The van der Waals surface area contributed by atoms with Gasteiger partial charge in [0.05, 0.1) is 19.0 Å². The third kappa shape index (κ3) is 5.36. The molecule has 1 aliphatic carbocycles. The Labute approximate surface area is 181 Å². The fourth-order valence-corrected chi connectivity index (χ4v) is 6.29. The predicted molar refractivity (Wildman–Crippen MR) is 118 cm³/mol. The first kappa shape index (κ1) is 22.1. The minimum Gasteiger partial charge on any atom is -0.486 e. The number of sulfonamides is 1. The van der Waals surface area contributed by atoms with Gasteiger partial charge < -0.3 is 9.47 Å². The summed E-state index contributed by atoms with van der Waals surface area (Å²) in [7, 11) is -3.27. The number of rotatable bonds is 2. The standard InChI is InChI=1S/C23H36N2O4S/c1-23(2)16-25-14-6-8-20(24-30(3,26)27)21(25)15-28-18-12-10-17(11-13-18)19-7-4-5-9-22(19)29-23/h4-5,7,9,17-18,20-21,24H,6,8,10-16H2,1-3H3/t17-,18+,20-,21-/m0/s1. The summed E-state index contributed by atoms with van der Waals surface area (Å²) >= 11 is 0. The molecule has 2 bridgehead atoms. The molecule has 0 radical (unpaired) electrons. The maximum absolute atomic E-state index is 12.0. The summed E-state index contributed by atoms with van der Waals surface area (Å²) < 4.78 is 39.9. The number of nitrogens with zero attached hydrogens (tertiary/aromatic N) is 1. The first-order chi connectivity index (χ1) is 14.2. The molecule has 5 rings (SSSR count). The molecule has 0 unspecified atom stereocenters. The minimum atomic E-state index is -3.27. The molecule has 30 heavy (non-hydrogen) atoms. The molecule has 0 aromatic heterocycles. The van der Waals surface area contributed by atoms with Crippen LogP contribution in [-0.2, 0) is 14.8 Å². The lowest BCUT2D eigenvalue weighted by Crippen LogP contribution is -2.60. The molecule has 6 nitrogen and oxygen atoms in total. The molecule has 0 amide bonds. The molecule has 2 atom stereocenters. The van der Waals surface area contributed by atoms with Crippen molar-refractivity contribution in [3.8, 4) is 5.75 Å². The van der Waals surface area contributed by atoms with Gasteiger partial charge in [0.2, 0.25) is 10.0 Å². The summed E-state index contributed by atoms with van der Waals surface area (Å²) in [5.74, 6) is 1.50. The summed E-state index contributed by atoms with van der Waals surface area (Å²) in [5.41, 5.74) is 0.919. The number of fused-ring (bicyclic) bond motifs is 5. The van der Waals surface area contributed by atoms with Crippen LogP contribution in [0, 0.1) is 0 Å². The highest BCUT2D eigenvalue weighted by Gasteiger charge is 2.38. The Kier molecular flexibility index (Phi) is 6.45. The quantitative estimate of drug-likeness (QED) is 0.771. The van der Waals surface area contributed by atoms with E-state index in [-0.39, 0.29) is 18.2 Å². The number of hydrogen-bond acceptors (Lipinski definition) is 5. The van der Waals surface area contributed by atoms with Gasteiger partial charge in [0.25, 0.3) is 0 Å². The molecule has 2 fully saturated rings. The van der Waals surface area contributed by atoms with Gasteiger partial charge in [-0.2, -0.15) is 0 Å². The number of nitrogens with one attached hydrogen (secondary N) is 1. The molecule has 7 heteroatoms. The summed E-state index contributed by atoms with van der Waals surface area (Å²) in [4.78, 5) is 2.37. The zero-order chi connectivity index (χ0) is 21.4. The predicted octanol–water partition coefficient (Wildman–Crippen LogP) is 3.28. The van der Waals surface area contributed by atoms with E-state index in [1.54, 1.807) is 0 Å². The van der Waals surface area contributed by atoms with E-state index in [2.05, 4.69) is 47.7 Å². The molecule has 3 heterocycles. The van der Waals surface area contributed by atoms with Crippen molar-refractivity contribution in [1.29, 1.82) is 0 Å². The normalized spacial score (nSPS) is 32.6. The molecule has 4 aliphatic rings. The van der Waals surface area contributed by atoms with Gasteiger partial charge in [-0.1, -0.05) is 18.2 Å². The average molecular weight is 437 g/mol. The van der Waals surface area contributed by atoms with Crippen LogP contribution in [0.1, 0.15) is 63.9 Å². The van der Waals surface area contributed by atoms with Crippen molar-refractivity contribution in [3.63, 3.8) is 0 Å². The SMILES string of the molecule is CC1(C)CN2CCC[C@H](NS(C)(=O)=O)[C@@H]2CO[C@H]2CC[C@H](CC2)c2ccccc2O1. The van der Waals surface area contributed by atoms with Crippen LogP contribution in [0.4, 0.5) is 0 Å². The van der Waals surface area contributed by atoms with Gasteiger partial charge in [-0.25, -0.2) is 13.1 Å². The molecular weight excluding hydrogens is 400 g/mol. The van der Waals surface area contributed by atoms with Crippen LogP contribution in [0.3, 0.4) is 0 Å². The van der Waals surface area contributed by atoms with Crippen molar-refractivity contribution in [1.82, 2.24) is 9.62 Å². The summed E-state index contributed by atoms with van der Waals surface area (Å²) in [6, 6.07) is 8.37. The molecule has 1 N–H and O–H groups in total. The second-order valence-electron chi connectivity index (χ2n) is 9.88. The van der Waals surface area contributed by atoms with Crippen molar-refractivity contribution in [3.05, 3.63) is 29.8 Å². The van der Waals surface area contributed by atoms with Crippen molar-refractivity contribution >= 4 is 10.0 Å². The van der Waals surface area contributed by atoms with Crippen molar-refractivity contribution in [2.75, 3.05) is 26.0 Å². The van der Waals surface area contributed by atoms with E-state index in [1.807, 2.05) is 0 Å². The van der Waals surface area contributed by atoms with Crippen LogP contribution in [0.2, 0.25) is 0 Å². The number of para-hydroxylation sites is 1. The molecule has 1 aromatic rings. The third-order valence-electron chi connectivity index (χ3n) is 6.77. The van der Waals surface area contributed by atoms with E-state index >= 15 is 0 Å². The number of ether oxygens (including phenoxy) is 2. The van der Waals surface area contributed by atoms with Gasteiger partial charge in [0.1, 0.15) is 11.4 Å². The molecule has 0 spiro atoms. The minimum absolute atomic E-state index is 0.0186. The first-order valence-electron chi connectivity index (χ1n) is 11.3. The second kappa shape index (κ2) is 8.77. The first-order valence-corrected chi connectivity index (χ1v) is 13.2. The van der Waals surface area contributed by atoms with Crippen molar-refractivity contribution < 1.29 is 17.9 Å². The van der Waals surface area contributed by atoms with Gasteiger partial charge in [-0.15, -0.1) is 0 Å². The van der Waals surface area contributed by atoms with Crippen LogP contribution in [0.25, 0.3) is 0 Å². The summed E-state index contributed by atoms with van der Waals surface area (Å²) in [6.45, 7) is 6.48. The Morgan fingerprint density at radius 1 is 1.10 bits per heavy atom. The lowest BCUT2D eigenvalue weighted by molar-refractivity contribution is -0.0427. The molecule has 3 aliphatic heterocycles. The van der Waals surface area contributed by atoms with Gasteiger partial charge in [0.15, 0.2) is 0 Å². The van der Waals surface area contributed by atoms with Crippen LogP contribution in [-0.4, -0.2) is 63.1 Å². The molecule has 1 aromatic carbocycles. The van der Waals surface area contributed by atoms with E-state index in [9.17, 15) is 8.42 Å². The maximum Gasteiger partial charge on any atom is 0.209 e. The lowest BCUT2D eigenvalue weighted by Gasteiger charge is -2.44. The van der Waals surface area contributed by atoms with Gasteiger partial charge in [-0.3, -0.25) is 4.90 Å². The van der Waals surface area contributed by atoms with Crippen LogP contribution in [0.5, 0.6) is 5.75 Å². The number of benzene rings is 1. The van der Waals surface area contributed by atoms with Gasteiger partial charge in [-0.05, 0) is 76.5 Å². The van der Waals surface area contributed by atoms with E-state index < -0.39 is 15.6 Å². The molecule has 168 valence electrons. The van der Waals surface area contributed by atoms with Gasteiger partial charge >= 0.3 is 0 Å². The topological polar surface area (TPSA) is 67.9 Å². The fourth-order valence-electron chi connectivity index (χ4n) is 5.46. The zero-order valence-electron chi connectivity index (χ0n) is 18.5. The van der Waals surface area contributed by atoms with Crippen LogP contribution < -0.4 is 9.46 Å². The maximum atomic E-state index is 12.0. The number of piperidine rings is 1. The Hall–Kier alpha value is -1.15. The van der Waals surface area contributed by atoms with Crippen LogP contribution in [0.15, 0.2) is 24.3 Å².